The summed E-state index contributed by atoms with van der Waals surface area (Å²) in [5.74, 6) is -0.630. The zero-order chi connectivity index (χ0) is 13.6. The molecule has 0 aliphatic carbocycles. The molecule has 19 heavy (non-hydrogen) atoms. The highest BCUT2D eigenvalue weighted by molar-refractivity contribution is 14.1. The van der Waals surface area contributed by atoms with Crippen LogP contribution in [0.15, 0.2) is 42.5 Å². The van der Waals surface area contributed by atoms with E-state index in [1.165, 1.54) is 4.90 Å². The molecule has 3 rings (SSSR count). The molecule has 1 aliphatic rings. The number of nitrogen functional groups attached to an aromatic ring is 1. The summed E-state index contributed by atoms with van der Waals surface area (Å²) in [5.41, 5.74) is 7.48. The van der Waals surface area contributed by atoms with Crippen LogP contribution in [0.25, 0.3) is 0 Å². The zero-order valence-corrected chi connectivity index (χ0v) is 11.9. The Morgan fingerprint density at radius 3 is 2.21 bits per heavy atom. The minimum absolute atomic E-state index is 0.304. The SMILES string of the molecule is Nc1ccc2c(c1)C(=O)N(c1ccc(I)cc1)C2=O. The highest BCUT2D eigenvalue weighted by Gasteiger charge is 2.36. The zero-order valence-electron chi connectivity index (χ0n) is 9.76. The van der Waals surface area contributed by atoms with Gasteiger partial charge in [0.25, 0.3) is 11.8 Å². The molecule has 2 aromatic rings. The van der Waals surface area contributed by atoms with Crippen LogP contribution in [-0.2, 0) is 0 Å². The number of halogens is 1. The van der Waals surface area contributed by atoms with Gasteiger partial charge >= 0.3 is 0 Å². The smallest absolute Gasteiger partial charge is 0.266 e. The second-order valence-corrected chi connectivity index (χ2v) is 5.47. The number of anilines is 2. The Hall–Kier alpha value is -1.89. The average molecular weight is 364 g/mol. The van der Waals surface area contributed by atoms with Crippen molar-refractivity contribution in [3.8, 4) is 0 Å². The quantitative estimate of drug-likeness (QED) is 0.481. The van der Waals surface area contributed by atoms with Gasteiger partial charge in [-0.1, -0.05) is 0 Å². The largest absolute Gasteiger partial charge is 0.399 e. The lowest BCUT2D eigenvalue weighted by atomic mass is 10.1. The van der Waals surface area contributed by atoms with Crippen LogP contribution in [0.4, 0.5) is 11.4 Å². The number of hydrogen-bond donors (Lipinski definition) is 1. The molecule has 0 radical (unpaired) electrons. The Balaban J connectivity index is 2.10. The van der Waals surface area contributed by atoms with Gasteiger partial charge in [-0.3, -0.25) is 9.59 Å². The third kappa shape index (κ3) is 1.90. The predicted octanol–water partition coefficient (Wildman–Crippen LogP) is 2.67. The van der Waals surface area contributed by atoms with Crippen LogP contribution in [0.2, 0.25) is 0 Å². The van der Waals surface area contributed by atoms with Crippen LogP contribution in [0.5, 0.6) is 0 Å². The van der Waals surface area contributed by atoms with Crippen molar-refractivity contribution in [1.82, 2.24) is 0 Å². The van der Waals surface area contributed by atoms with Crippen LogP contribution in [0.3, 0.4) is 0 Å². The van der Waals surface area contributed by atoms with Crippen LogP contribution < -0.4 is 10.6 Å². The van der Waals surface area contributed by atoms with E-state index in [9.17, 15) is 9.59 Å². The summed E-state index contributed by atoms with van der Waals surface area (Å²) < 4.78 is 1.04. The molecule has 0 saturated heterocycles. The van der Waals surface area contributed by atoms with Gasteiger partial charge < -0.3 is 5.73 Å². The molecule has 2 N–H and O–H groups in total. The van der Waals surface area contributed by atoms with Crippen LogP contribution in [-0.4, -0.2) is 11.8 Å². The molecular weight excluding hydrogens is 355 g/mol. The molecule has 2 aromatic carbocycles. The maximum absolute atomic E-state index is 12.3. The molecule has 4 nitrogen and oxygen atoms in total. The molecule has 1 aliphatic heterocycles. The number of amides is 2. The molecule has 0 fully saturated rings. The molecule has 5 heteroatoms. The van der Waals surface area contributed by atoms with Crippen molar-refractivity contribution in [2.75, 3.05) is 10.6 Å². The first-order valence-corrected chi connectivity index (χ1v) is 6.69. The molecule has 0 unspecified atom stereocenters. The Kier molecular flexibility index (Phi) is 2.78. The van der Waals surface area contributed by atoms with Gasteiger partial charge in [-0.05, 0) is 65.1 Å². The number of rotatable bonds is 1. The van der Waals surface area contributed by atoms with Gasteiger partial charge in [0.1, 0.15) is 0 Å². The van der Waals surface area contributed by atoms with Gasteiger partial charge in [0.15, 0.2) is 0 Å². The van der Waals surface area contributed by atoms with E-state index < -0.39 is 0 Å². The summed E-state index contributed by atoms with van der Waals surface area (Å²) in [6.07, 6.45) is 0. The third-order valence-corrected chi connectivity index (χ3v) is 3.71. The van der Waals surface area contributed by atoms with Gasteiger partial charge in [0.05, 0.1) is 16.8 Å². The number of imide groups is 1. The molecule has 0 bridgehead atoms. The topological polar surface area (TPSA) is 63.4 Å². The Morgan fingerprint density at radius 2 is 1.53 bits per heavy atom. The number of carbonyl (C=O) groups excluding carboxylic acids is 2. The summed E-state index contributed by atoms with van der Waals surface area (Å²) in [7, 11) is 0. The van der Waals surface area contributed by atoms with Gasteiger partial charge in [-0.15, -0.1) is 0 Å². The van der Waals surface area contributed by atoms with Gasteiger partial charge in [0, 0.05) is 9.26 Å². The van der Waals surface area contributed by atoms with E-state index in [2.05, 4.69) is 22.6 Å². The fraction of sp³-hybridized carbons (Fsp3) is 0. The third-order valence-electron chi connectivity index (χ3n) is 3.00. The fourth-order valence-corrected chi connectivity index (χ4v) is 2.44. The first kappa shape index (κ1) is 12.2. The fourth-order valence-electron chi connectivity index (χ4n) is 2.08. The second-order valence-electron chi connectivity index (χ2n) is 4.23. The molecule has 0 spiro atoms. The highest BCUT2D eigenvalue weighted by atomic mass is 127. The van der Waals surface area contributed by atoms with Gasteiger partial charge in [-0.2, -0.15) is 0 Å². The Morgan fingerprint density at radius 1 is 0.895 bits per heavy atom. The molecular formula is C14H9IN2O2. The van der Waals surface area contributed by atoms with E-state index in [0.29, 0.717) is 22.5 Å². The van der Waals surface area contributed by atoms with Crippen molar-refractivity contribution in [3.63, 3.8) is 0 Å². The lowest BCUT2D eigenvalue weighted by Crippen LogP contribution is -2.29. The molecule has 2 amide bonds. The van der Waals surface area contributed by atoms with Crippen molar-refractivity contribution >= 4 is 45.8 Å². The number of nitrogens with two attached hydrogens (primary N) is 1. The molecule has 1 heterocycles. The highest BCUT2D eigenvalue weighted by Crippen LogP contribution is 2.29. The number of nitrogens with zero attached hydrogens (tertiary/aromatic N) is 1. The summed E-state index contributed by atoms with van der Waals surface area (Å²) in [6, 6.07) is 12.0. The molecule has 0 atom stereocenters. The lowest BCUT2D eigenvalue weighted by molar-refractivity contribution is 0.0926. The number of fused-ring (bicyclic) bond motifs is 1. The molecule has 0 saturated carbocycles. The van der Waals surface area contributed by atoms with Gasteiger partial charge in [-0.25, -0.2) is 4.90 Å². The maximum atomic E-state index is 12.3. The van der Waals surface area contributed by atoms with Crippen molar-refractivity contribution in [2.24, 2.45) is 0 Å². The number of carbonyl (C=O) groups is 2. The lowest BCUT2D eigenvalue weighted by Gasteiger charge is -2.13. The average Bonchev–Trinajstić information content (AvgIpc) is 2.63. The van der Waals surface area contributed by atoms with Crippen molar-refractivity contribution in [1.29, 1.82) is 0 Å². The van der Waals surface area contributed by atoms with Crippen LogP contribution in [0, 0.1) is 3.57 Å². The normalized spacial score (nSPS) is 13.8. The summed E-state index contributed by atoms with van der Waals surface area (Å²) in [4.78, 5) is 25.7. The van der Waals surface area contributed by atoms with Crippen molar-refractivity contribution in [2.45, 2.75) is 0 Å². The van der Waals surface area contributed by atoms with Crippen molar-refractivity contribution < 1.29 is 9.59 Å². The number of hydrogen-bond acceptors (Lipinski definition) is 3. The van der Waals surface area contributed by atoms with E-state index >= 15 is 0 Å². The number of benzene rings is 2. The molecule has 94 valence electrons. The minimum Gasteiger partial charge on any atom is -0.399 e. The van der Waals surface area contributed by atoms with E-state index in [4.69, 9.17) is 5.73 Å². The first-order chi connectivity index (χ1) is 9.08. The summed E-state index contributed by atoms with van der Waals surface area (Å²) in [5, 5.41) is 0. The van der Waals surface area contributed by atoms with Crippen LogP contribution >= 0.6 is 22.6 Å². The predicted molar refractivity (Wildman–Crippen MR) is 81.2 cm³/mol. The summed E-state index contributed by atoms with van der Waals surface area (Å²) in [6.45, 7) is 0. The molecule has 0 aromatic heterocycles. The van der Waals surface area contributed by atoms with E-state index in [1.807, 2.05) is 12.1 Å². The minimum atomic E-state index is -0.325. The standard InChI is InChI=1S/C14H9IN2O2/c15-8-1-4-10(5-2-8)17-13(18)11-6-3-9(16)7-12(11)14(17)19/h1-7H,16H2. The van der Waals surface area contributed by atoms with E-state index in [-0.39, 0.29) is 11.8 Å². The maximum Gasteiger partial charge on any atom is 0.266 e. The monoisotopic (exact) mass is 364 g/mol. The Labute approximate surface area is 123 Å². The van der Waals surface area contributed by atoms with Crippen LogP contribution in [0.1, 0.15) is 20.7 Å². The Bertz CT molecular complexity index is 695. The van der Waals surface area contributed by atoms with E-state index in [0.717, 1.165) is 3.57 Å². The first-order valence-electron chi connectivity index (χ1n) is 5.62. The summed E-state index contributed by atoms with van der Waals surface area (Å²) >= 11 is 2.17. The van der Waals surface area contributed by atoms with Gasteiger partial charge in [0.2, 0.25) is 0 Å². The van der Waals surface area contributed by atoms with Crippen molar-refractivity contribution in [3.05, 3.63) is 57.2 Å². The van der Waals surface area contributed by atoms with E-state index in [1.54, 1.807) is 30.3 Å². The second kappa shape index (κ2) is 4.34.